The standard InChI is InChI=1S/C15H12O4S/c1-10-15(11-6-8-12(16)9-7-11)19-13-4-2-3-5-14(13)20(10,17)18/h2-9,16H,1H3. The van der Waals surface area contributed by atoms with Crippen molar-refractivity contribution in [1.29, 1.82) is 0 Å². The number of aromatic hydroxyl groups is 1. The van der Waals surface area contributed by atoms with Crippen LogP contribution in [0.3, 0.4) is 0 Å². The smallest absolute Gasteiger partial charge is 0.209 e. The third kappa shape index (κ3) is 1.87. The van der Waals surface area contributed by atoms with Gasteiger partial charge in [0.05, 0.1) is 4.91 Å². The van der Waals surface area contributed by atoms with Gasteiger partial charge in [0.1, 0.15) is 22.2 Å². The molecule has 1 aliphatic heterocycles. The van der Waals surface area contributed by atoms with Gasteiger partial charge in [-0.15, -0.1) is 0 Å². The van der Waals surface area contributed by atoms with E-state index in [9.17, 15) is 13.5 Å². The maximum absolute atomic E-state index is 12.5. The summed E-state index contributed by atoms with van der Waals surface area (Å²) in [6.07, 6.45) is 0. The van der Waals surface area contributed by atoms with E-state index in [2.05, 4.69) is 0 Å². The van der Waals surface area contributed by atoms with E-state index in [-0.39, 0.29) is 15.6 Å². The number of fused-ring (bicyclic) bond motifs is 1. The number of para-hydroxylation sites is 1. The molecule has 0 aromatic heterocycles. The molecule has 0 aliphatic carbocycles. The van der Waals surface area contributed by atoms with Crippen molar-refractivity contribution >= 4 is 15.6 Å². The lowest BCUT2D eigenvalue weighted by molar-refractivity contribution is 0.474. The van der Waals surface area contributed by atoms with Gasteiger partial charge in [-0.05, 0) is 43.3 Å². The number of benzene rings is 2. The second-order valence-corrected chi connectivity index (χ2v) is 6.54. The predicted octanol–water partition coefficient (Wildman–Crippen LogP) is 2.95. The second-order valence-electron chi connectivity index (χ2n) is 4.48. The molecule has 2 aromatic carbocycles. The molecular weight excluding hydrogens is 276 g/mol. The van der Waals surface area contributed by atoms with E-state index in [1.807, 2.05) is 0 Å². The average Bonchev–Trinajstić information content (AvgIpc) is 2.44. The van der Waals surface area contributed by atoms with E-state index < -0.39 is 9.84 Å². The second kappa shape index (κ2) is 4.38. The highest BCUT2D eigenvalue weighted by molar-refractivity contribution is 7.95. The van der Waals surface area contributed by atoms with Gasteiger partial charge < -0.3 is 9.84 Å². The molecule has 0 saturated carbocycles. The number of phenols is 1. The Morgan fingerprint density at radius 3 is 2.35 bits per heavy atom. The van der Waals surface area contributed by atoms with Gasteiger partial charge in [0.15, 0.2) is 0 Å². The number of hydrogen-bond acceptors (Lipinski definition) is 4. The van der Waals surface area contributed by atoms with E-state index in [4.69, 9.17) is 4.74 Å². The molecule has 0 spiro atoms. The minimum absolute atomic E-state index is 0.117. The molecule has 2 aromatic rings. The Kier molecular flexibility index (Phi) is 2.79. The average molecular weight is 288 g/mol. The van der Waals surface area contributed by atoms with Crippen LogP contribution in [0.25, 0.3) is 5.76 Å². The molecule has 4 nitrogen and oxygen atoms in total. The summed E-state index contributed by atoms with van der Waals surface area (Å²) in [5, 5.41) is 9.31. The topological polar surface area (TPSA) is 63.6 Å². The van der Waals surface area contributed by atoms with Crippen molar-refractivity contribution in [3.63, 3.8) is 0 Å². The molecule has 1 heterocycles. The van der Waals surface area contributed by atoms with Crippen molar-refractivity contribution in [2.75, 3.05) is 0 Å². The molecular formula is C15H12O4S. The quantitative estimate of drug-likeness (QED) is 0.876. The molecule has 0 saturated heterocycles. The van der Waals surface area contributed by atoms with E-state index >= 15 is 0 Å². The van der Waals surface area contributed by atoms with Crippen LogP contribution in [0.4, 0.5) is 0 Å². The first-order valence-electron chi connectivity index (χ1n) is 6.02. The van der Waals surface area contributed by atoms with Crippen LogP contribution < -0.4 is 4.74 Å². The Morgan fingerprint density at radius 1 is 1.00 bits per heavy atom. The number of rotatable bonds is 1. The molecule has 1 aliphatic rings. The van der Waals surface area contributed by atoms with E-state index in [1.54, 1.807) is 30.3 Å². The highest BCUT2D eigenvalue weighted by atomic mass is 32.2. The van der Waals surface area contributed by atoms with E-state index in [0.717, 1.165) is 0 Å². The maximum atomic E-state index is 12.5. The SMILES string of the molecule is CC1=C(c2ccc(O)cc2)Oc2ccccc2S1(=O)=O. The molecule has 1 N–H and O–H groups in total. The van der Waals surface area contributed by atoms with Gasteiger partial charge in [0.25, 0.3) is 0 Å². The molecule has 0 bridgehead atoms. The van der Waals surface area contributed by atoms with Gasteiger partial charge in [0, 0.05) is 5.56 Å². The van der Waals surface area contributed by atoms with E-state index in [1.165, 1.54) is 25.1 Å². The summed E-state index contributed by atoms with van der Waals surface area (Å²) >= 11 is 0. The minimum Gasteiger partial charge on any atom is -0.508 e. The number of sulfone groups is 1. The maximum Gasteiger partial charge on any atom is 0.209 e. The highest BCUT2D eigenvalue weighted by Gasteiger charge is 2.31. The molecule has 0 fully saturated rings. The minimum atomic E-state index is -3.54. The van der Waals surface area contributed by atoms with Crippen LogP contribution in [-0.4, -0.2) is 13.5 Å². The van der Waals surface area contributed by atoms with Crippen LogP contribution in [0.5, 0.6) is 11.5 Å². The summed E-state index contributed by atoms with van der Waals surface area (Å²) in [7, 11) is -3.54. The zero-order valence-electron chi connectivity index (χ0n) is 10.7. The number of allylic oxidation sites excluding steroid dienone is 1. The van der Waals surface area contributed by atoms with Crippen molar-refractivity contribution in [3.05, 3.63) is 59.0 Å². The first kappa shape index (κ1) is 12.7. The van der Waals surface area contributed by atoms with Gasteiger partial charge in [-0.25, -0.2) is 8.42 Å². The zero-order valence-corrected chi connectivity index (χ0v) is 11.5. The van der Waals surface area contributed by atoms with Gasteiger partial charge in [-0.1, -0.05) is 12.1 Å². The van der Waals surface area contributed by atoms with Crippen molar-refractivity contribution in [3.8, 4) is 11.5 Å². The van der Waals surface area contributed by atoms with Gasteiger partial charge >= 0.3 is 0 Å². The third-order valence-corrected chi connectivity index (χ3v) is 5.11. The highest BCUT2D eigenvalue weighted by Crippen LogP contribution is 2.39. The first-order chi connectivity index (χ1) is 9.50. The number of phenolic OH excluding ortho intramolecular Hbond substituents is 1. The summed E-state index contributed by atoms with van der Waals surface area (Å²) in [5.74, 6) is 0.732. The molecule has 0 radical (unpaired) electrons. The molecule has 0 atom stereocenters. The molecule has 0 amide bonds. The van der Waals surface area contributed by atoms with Crippen LogP contribution in [0.1, 0.15) is 12.5 Å². The zero-order chi connectivity index (χ0) is 14.3. The Bertz CT molecular complexity index is 802. The number of ether oxygens (including phenoxy) is 1. The summed E-state index contributed by atoms with van der Waals surface area (Å²) in [5.41, 5.74) is 0.610. The van der Waals surface area contributed by atoms with Crippen molar-refractivity contribution in [1.82, 2.24) is 0 Å². The van der Waals surface area contributed by atoms with Crippen LogP contribution in [0.2, 0.25) is 0 Å². The summed E-state index contributed by atoms with van der Waals surface area (Å²) in [6, 6.07) is 12.8. The Labute approximate surface area is 116 Å². The fourth-order valence-electron chi connectivity index (χ4n) is 2.10. The van der Waals surface area contributed by atoms with Gasteiger partial charge in [-0.2, -0.15) is 0 Å². The van der Waals surface area contributed by atoms with Crippen LogP contribution >= 0.6 is 0 Å². The summed E-state index contributed by atoms with van der Waals surface area (Å²) in [4.78, 5) is 0.349. The summed E-state index contributed by atoms with van der Waals surface area (Å²) in [6.45, 7) is 1.52. The van der Waals surface area contributed by atoms with Gasteiger partial charge in [0.2, 0.25) is 9.84 Å². The van der Waals surface area contributed by atoms with Crippen LogP contribution in [0, 0.1) is 0 Å². The van der Waals surface area contributed by atoms with E-state index in [0.29, 0.717) is 17.1 Å². The van der Waals surface area contributed by atoms with Crippen LogP contribution in [0.15, 0.2) is 58.3 Å². The van der Waals surface area contributed by atoms with Crippen molar-refractivity contribution in [2.24, 2.45) is 0 Å². The lowest BCUT2D eigenvalue weighted by atomic mass is 10.1. The lowest BCUT2D eigenvalue weighted by Gasteiger charge is -2.21. The Morgan fingerprint density at radius 2 is 1.65 bits per heavy atom. The molecule has 102 valence electrons. The molecule has 5 heteroatoms. The first-order valence-corrected chi connectivity index (χ1v) is 7.51. The van der Waals surface area contributed by atoms with Crippen molar-refractivity contribution < 1.29 is 18.3 Å². The Hall–Kier alpha value is -2.27. The van der Waals surface area contributed by atoms with Gasteiger partial charge in [-0.3, -0.25) is 0 Å². The molecule has 20 heavy (non-hydrogen) atoms. The van der Waals surface area contributed by atoms with Crippen LogP contribution in [-0.2, 0) is 9.84 Å². The Balaban J connectivity index is 2.21. The fraction of sp³-hybridized carbons (Fsp3) is 0.0667. The molecule has 3 rings (SSSR count). The molecule has 0 unspecified atom stereocenters. The predicted molar refractivity (Wildman–Crippen MR) is 75.0 cm³/mol. The monoisotopic (exact) mass is 288 g/mol. The normalized spacial score (nSPS) is 16.4. The number of hydrogen-bond donors (Lipinski definition) is 1. The summed E-state index contributed by atoms with van der Waals surface area (Å²) < 4.78 is 30.7. The third-order valence-electron chi connectivity index (χ3n) is 3.20. The fourth-order valence-corrected chi connectivity index (χ4v) is 3.47. The van der Waals surface area contributed by atoms with Crippen molar-refractivity contribution in [2.45, 2.75) is 11.8 Å². The lowest BCUT2D eigenvalue weighted by Crippen LogP contribution is -2.15. The largest absolute Gasteiger partial charge is 0.508 e.